The van der Waals surface area contributed by atoms with Crippen molar-refractivity contribution in [3.05, 3.63) is 0 Å². The molecule has 0 aliphatic carbocycles. The Bertz CT molecular complexity index is 256. The average Bonchev–Trinajstić information content (AvgIpc) is 2.47. The minimum absolute atomic E-state index is 0.0809. The molecule has 0 radical (unpaired) electrons. The predicted octanol–water partition coefficient (Wildman–Crippen LogP) is 0.684. The first-order chi connectivity index (χ1) is 10.6. The van der Waals surface area contributed by atoms with Crippen molar-refractivity contribution >= 4 is 5.97 Å². The molecule has 0 bridgehead atoms. The molecule has 0 atom stereocenters. The Balaban J connectivity index is 4.06. The second kappa shape index (κ2) is 13.9. The highest BCUT2D eigenvalue weighted by Crippen LogP contribution is 2.08. The summed E-state index contributed by atoms with van der Waals surface area (Å²) in [5, 5.41) is 27.5. The third kappa shape index (κ3) is 10.1. The lowest BCUT2D eigenvalue weighted by atomic mass is 10.1. The molecule has 132 valence electrons. The summed E-state index contributed by atoms with van der Waals surface area (Å²) < 4.78 is 5.41. The van der Waals surface area contributed by atoms with E-state index in [-0.39, 0.29) is 36.8 Å². The number of hydrogen-bond acceptors (Lipinski definition) is 5. The molecule has 0 aliphatic heterocycles. The van der Waals surface area contributed by atoms with Gasteiger partial charge < -0.3 is 24.5 Å². The van der Waals surface area contributed by atoms with Gasteiger partial charge in [-0.15, -0.1) is 0 Å². The molecule has 0 aliphatic rings. The van der Waals surface area contributed by atoms with Crippen molar-refractivity contribution in [3.63, 3.8) is 0 Å². The summed E-state index contributed by atoms with van der Waals surface area (Å²) in [6.45, 7) is 3.38. The lowest BCUT2D eigenvalue weighted by Gasteiger charge is -2.36. The summed E-state index contributed by atoms with van der Waals surface area (Å²) in [4.78, 5) is 11.9. The monoisotopic (exact) mass is 320 g/mol. The minimum atomic E-state index is -0.330. The number of hydrogen-bond donors (Lipinski definition) is 3. The molecular weight excluding hydrogens is 286 g/mol. The molecule has 0 saturated heterocycles. The van der Waals surface area contributed by atoms with Crippen LogP contribution >= 0.6 is 0 Å². The van der Waals surface area contributed by atoms with Crippen LogP contribution in [0.15, 0.2) is 0 Å². The van der Waals surface area contributed by atoms with Crippen LogP contribution in [0.5, 0.6) is 0 Å². The maximum absolute atomic E-state index is 11.9. The van der Waals surface area contributed by atoms with Crippen LogP contribution in [0.2, 0.25) is 0 Å². The molecule has 6 heteroatoms. The van der Waals surface area contributed by atoms with Crippen LogP contribution in [-0.2, 0) is 9.53 Å². The third-order valence-corrected chi connectivity index (χ3v) is 3.95. The fourth-order valence-corrected chi connectivity index (χ4v) is 2.60. The van der Waals surface area contributed by atoms with E-state index in [9.17, 15) is 4.79 Å². The van der Waals surface area contributed by atoms with Crippen LogP contribution in [0.4, 0.5) is 0 Å². The number of carbonyl (C=O) groups is 1. The largest absolute Gasteiger partial charge is 0.462 e. The van der Waals surface area contributed by atoms with Crippen molar-refractivity contribution in [2.45, 2.75) is 45.4 Å². The highest BCUT2D eigenvalue weighted by Gasteiger charge is 2.30. The van der Waals surface area contributed by atoms with E-state index in [1.165, 1.54) is 25.7 Å². The van der Waals surface area contributed by atoms with Crippen molar-refractivity contribution in [1.82, 2.24) is 0 Å². The standard InChI is InChI=1S/C16H34NO5/c1-2-3-4-5-6-7-14-22-16(21)15-17(8-11-18,9-12-19)10-13-20/h18-20H,2-15H2,1H3/q+1. The van der Waals surface area contributed by atoms with Crippen molar-refractivity contribution in [2.75, 3.05) is 52.6 Å². The van der Waals surface area contributed by atoms with Gasteiger partial charge in [-0.05, 0) is 6.42 Å². The highest BCUT2D eigenvalue weighted by molar-refractivity contribution is 5.70. The van der Waals surface area contributed by atoms with Crippen molar-refractivity contribution < 1.29 is 29.3 Å². The molecule has 0 rings (SSSR count). The Morgan fingerprint density at radius 2 is 1.36 bits per heavy atom. The maximum atomic E-state index is 11.9. The van der Waals surface area contributed by atoms with Gasteiger partial charge in [0.2, 0.25) is 0 Å². The Labute approximate surface area is 134 Å². The quantitative estimate of drug-likeness (QED) is 0.235. The van der Waals surface area contributed by atoms with Crippen LogP contribution in [-0.4, -0.2) is 78.4 Å². The Morgan fingerprint density at radius 1 is 0.864 bits per heavy atom. The van der Waals surface area contributed by atoms with Crippen LogP contribution in [0.25, 0.3) is 0 Å². The number of nitrogens with zero attached hydrogens (tertiary/aromatic N) is 1. The molecule has 0 fully saturated rings. The molecule has 0 heterocycles. The van der Waals surface area contributed by atoms with Gasteiger partial charge in [-0.25, -0.2) is 4.79 Å². The molecule has 0 spiro atoms. The van der Waals surface area contributed by atoms with Crippen LogP contribution in [0.3, 0.4) is 0 Å². The van der Waals surface area contributed by atoms with Crippen LogP contribution in [0, 0.1) is 0 Å². The average molecular weight is 320 g/mol. The second-order valence-electron chi connectivity index (χ2n) is 5.83. The summed E-state index contributed by atoms with van der Waals surface area (Å²) in [6.07, 6.45) is 6.81. The van der Waals surface area contributed by atoms with Gasteiger partial charge >= 0.3 is 5.97 Å². The number of aliphatic hydroxyl groups is 3. The van der Waals surface area contributed by atoms with Crippen molar-refractivity contribution in [2.24, 2.45) is 0 Å². The number of ether oxygens (including phenoxy) is 1. The predicted molar refractivity (Wildman–Crippen MR) is 85.3 cm³/mol. The minimum Gasteiger partial charge on any atom is -0.462 e. The zero-order valence-electron chi connectivity index (χ0n) is 14.0. The molecule has 0 amide bonds. The second-order valence-corrected chi connectivity index (χ2v) is 5.83. The normalized spacial score (nSPS) is 11.6. The summed E-state index contributed by atoms with van der Waals surface area (Å²) in [6, 6.07) is 0. The van der Waals surface area contributed by atoms with Gasteiger partial charge in [0.05, 0.1) is 26.4 Å². The van der Waals surface area contributed by atoms with Gasteiger partial charge in [0.1, 0.15) is 19.6 Å². The zero-order chi connectivity index (χ0) is 16.7. The van der Waals surface area contributed by atoms with Crippen molar-refractivity contribution in [3.8, 4) is 0 Å². The summed E-state index contributed by atoms with van der Waals surface area (Å²) in [5.74, 6) is -0.330. The van der Waals surface area contributed by atoms with Crippen LogP contribution in [0.1, 0.15) is 45.4 Å². The maximum Gasteiger partial charge on any atom is 0.361 e. The first kappa shape index (κ1) is 21.3. The van der Waals surface area contributed by atoms with E-state index in [1.54, 1.807) is 0 Å². The molecule has 0 aromatic carbocycles. The first-order valence-electron chi connectivity index (χ1n) is 8.47. The molecule has 22 heavy (non-hydrogen) atoms. The number of quaternary nitrogens is 1. The highest BCUT2D eigenvalue weighted by atomic mass is 16.5. The fourth-order valence-electron chi connectivity index (χ4n) is 2.60. The smallest absolute Gasteiger partial charge is 0.361 e. The number of esters is 1. The third-order valence-electron chi connectivity index (χ3n) is 3.95. The van der Waals surface area contributed by atoms with Gasteiger partial charge in [0.15, 0.2) is 6.54 Å². The Kier molecular flexibility index (Phi) is 13.5. The molecule has 0 unspecified atom stereocenters. The topological polar surface area (TPSA) is 87.0 Å². The fraction of sp³-hybridized carbons (Fsp3) is 0.938. The van der Waals surface area contributed by atoms with Gasteiger partial charge in [-0.1, -0.05) is 39.0 Å². The zero-order valence-corrected chi connectivity index (χ0v) is 14.0. The van der Waals surface area contributed by atoms with Crippen LogP contribution < -0.4 is 0 Å². The van der Waals surface area contributed by atoms with Gasteiger partial charge in [-0.2, -0.15) is 0 Å². The molecule has 0 aromatic rings. The van der Waals surface area contributed by atoms with E-state index < -0.39 is 0 Å². The Hall–Kier alpha value is -0.690. The number of unbranched alkanes of at least 4 members (excludes halogenated alkanes) is 5. The summed E-state index contributed by atoms with van der Waals surface area (Å²) >= 11 is 0. The summed E-state index contributed by atoms with van der Waals surface area (Å²) in [5.41, 5.74) is 0. The van der Waals surface area contributed by atoms with E-state index >= 15 is 0 Å². The lowest BCUT2D eigenvalue weighted by Crippen LogP contribution is -2.56. The van der Waals surface area contributed by atoms with E-state index in [0.29, 0.717) is 26.2 Å². The molecule has 6 nitrogen and oxygen atoms in total. The molecular formula is C16H34NO5+. The molecule has 0 aromatic heterocycles. The number of aliphatic hydroxyl groups excluding tert-OH is 3. The van der Waals surface area contributed by atoms with Gasteiger partial charge in [0, 0.05) is 0 Å². The van der Waals surface area contributed by atoms with Gasteiger partial charge in [-0.3, -0.25) is 0 Å². The lowest BCUT2D eigenvalue weighted by molar-refractivity contribution is -0.922. The molecule has 0 saturated carbocycles. The number of rotatable bonds is 15. The van der Waals surface area contributed by atoms with E-state index in [1.807, 2.05) is 0 Å². The van der Waals surface area contributed by atoms with Crippen molar-refractivity contribution in [1.29, 1.82) is 0 Å². The SMILES string of the molecule is CCCCCCCCOC(=O)C[N+](CCO)(CCO)CCO. The molecule has 3 N–H and O–H groups in total. The van der Waals surface area contributed by atoms with E-state index in [4.69, 9.17) is 20.1 Å². The number of carbonyl (C=O) groups excluding carboxylic acids is 1. The van der Waals surface area contributed by atoms with Gasteiger partial charge in [0.25, 0.3) is 0 Å². The summed E-state index contributed by atoms with van der Waals surface area (Å²) in [7, 11) is 0. The Morgan fingerprint density at radius 3 is 1.86 bits per heavy atom. The van der Waals surface area contributed by atoms with E-state index in [2.05, 4.69) is 6.92 Å². The van der Waals surface area contributed by atoms with E-state index in [0.717, 1.165) is 12.8 Å². The first-order valence-corrected chi connectivity index (χ1v) is 8.47.